The normalized spacial score (nSPS) is 11.8. The van der Waals surface area contributed by atoms with Gasteiger partial charge in [0.05, 0.1) is 18.2 Å². The molecule has 0 aliphatic carbocycles. The lowest BCUT2D eigenvalue weighted by Crippen LogP contribution is -2.30. The summed E-state index contributed by atoms with van der Waals surface area (Å²) in [5, 5.41) is 15.0. The quantitative estimate of drug-likeness (QED) is 0.592. The molecule has 1 aromatic heterocycles. The van der Waals surface area contributed by atoms with Crippen molar-refractivity contribution in [3.63, 3.8) is 0 Å². The number of rotatable bonds is 6. The first-order valence-corrected chi connectivity index (χ1v) is 8.88. The van der Waals surface area contributed by atoms with E-state index in [9.17, 15) is 19.5 Å². The van der Waals surface area contributed by atoms with E-state index < -0.39 is 23.5 Å². The van der Waals surface area contributed by atoms with Crippen molar-refractivity contribution in [3.05, 3.63) is 86.8 Å². The average molecular weight is 400 g/mol. The van der Waals surface area contributed by atoms with E-state index in [1.165, 1.54) is 4.68 Å². The lowest BCUT2D eigenvalue weighted by atomic mass is 10.0. The number of hydrogen-bond donors (Lipinski definition) is 3. The first-order chi connectivity index (χ1) is 13.3. The van der Waals surface area contributed by atoms with Crippen LogP contribution in [0.5, 0.6) is 0 Å². The molecule has 1 amide bonds. The van der Waals surface area contributed by atoms with Crippen molar-refractivity contribution in [2.45, 2.75) is 19.4 Å². The molecule has 1 unspecified atom stereocenters. The lowest BCUT2D eigenvalue weighted by molar-refractivity contribution is -0.137. The second-order valence-corrected chi connectivity index (χ2v) is 6.79. The molecule has 0 radical (unpaired) electrons. The molecule has 8 heteroatoms. The molecule has 0 bridgehead atoms. The molecule has 0 spiro atoms. The Morgan fingerprint density at radius 2 is 1.89 bits per heavy atom. The van der Waals surface area contributed by atoms with Crippen LogP contribution in [0.15, 0.2) is 59.4 Å². The van der Waals surface area contributed by atoms with E-state index in [0.29, 0.717) is 16.3 Å². The maximum absolute atomic E-state index is 12.6. The molecule has 0 saturated carbocycles. The van der Waals surface area contributed by atoms with Gasteiger partial charge in [-0.3, -0.25) is 19.5 Å². The van der Waals surface area contributed by atoms with Gasteiger partial charge in [0.1, 0.15) is 5.69 Å². The Labute approximate surface area is 165 Å². The highest BCUT2D eigenvalue weighted by Gasteiger charge is 2.20. The highest BCUT2D eigenvalue weighted by atomic mass is 35.5. The van der Waals surface area contributed by atoms with Gasteiger partial charge in [0.15, 0.2) is 0 Å². The molecule has 0 saturated heterocycles. The molecule has 3 N–H and O–H groups in total. The molecule has 7 nitrogen and oxygen atoms in total. The number of aromatic amines is 1. The van der Waals surface area contributed by atoms with Gasteiger partial charge in [0.2, 0.25) is 0 Å². The predicted octanol–water partition coefficient (Wildman–Crippen LogP) is 3.07. The van der Waals surface area contributed by atoms with Crippen LogP contribution >= 0.6 is 11.6 Å². The number of benzene rings is 2. The van der Waals surface area contributed by atoms with E-state index in [4.69, 9.17) is 11.6 Å². The zero-order valence-electron chi connectivity index (χ0n) is 15.0. The number of nitrogens with one attached hydrogen (secondary N) is 2. The fourth-order valence-electron chi connectivity index (χ4n) is 2.78. The van der Waals surface area contributed by atoms with Crippen molar-refractivity contribution in [1.82, 2.24) is 15.1 Å². The average Bonchev–Trinajstić information content (AvgIpc) is 3.03. The molecular weight excluding hydrogens is 382 g/mol. The van der Waals surface area contributed by atoms with E-state index in [2.05, 4.69) is 10.4 Å². The van der Waals surface area contributed by atoms with Gasteiger partial charge in [-0.05, 0) is 30.7 Å². The van der Waals surface area contributed by atoms with Crippen LogP contribution in [0.2, 0.25) is 5.02 Å². The van der Waals surface area contributed by atoms with E-state index in [1.54, 1.807) is 36.4 Å². The van der Waals surface area contributed by atoms with Gasteiger partial charge in [-0.25, -0.2) is 4.68 Å². The first-order valence-electron chi connectivity index (χ1n) is 8.51. The molecule has 28 heavy (non-hydrogen) atoms. The Hall–Kier alpha value is -3.32. The van der Waals surface area contributed by atoms with Crippen molar-refractivity contribution < 1.29 is 14.7 Å². The number of amides is 1. The van der Waals surface area contributed by atoms with Gasteiger partial charge in [-0.2, -0.15) is 0 Å². The summed E-state index contributed by atoms with van der Waals surface area (Å²) in [4.78, 5) is 36.1. The van der Waals surface area contributed by atoms with Crippen molar-refractivity contribution in [2.75, 3.05) is 0 Å². The summed E-state index contributed by atoms with van der Waals surface area (Å²) in [6.07, 6.45) is -0.284. The standard InChI is InChI=1S/C20H18ClN3O4/c1-12-5-7-13(8-6-12)16(11-19(26)27)22-20(28)17-10-18(25)24(23-17)15-4-2-3-14(21)9-15/h2-10,16,23H,11H2,1H3,(H,22,28)(H,26,27). The Morgan fingerprint density at radius 3 is 2.54 bits per heavy atom. The van der Waals surface area contributed by atoms with Gasteiger partial charge in [-0.15, -0.1) is 0 Å². The molecule has 3 rings (SSSR count). The SMILES string of the molecule is Cc1ccc(C(CC(=O)O)NC(=O)c2cc(=O)n(-c3cccc(Cl)c3)[nH]2)cc1. The van der Waals surface area contributed by atoms with Gasteiger partial charge in [0, 0.05) is 11.1 Å². The number of halogens is 1. The van der Waals surface area contributed by atoms with Crippen LogP contribution in [0.1, 0.15) is 34.1 Å². The third kappa shape index (κ3) is 4.50. The highest BCUT2D eigenvalue weighted by molar-refractivity contribution is 6.30. The number of aliphatic carboxylic acids is 1. The number of H-pyrrole nitrogens is 1. The second kappa shape index (κ2) is 8.14. The van der Waals surface area contributed by atoms with E-state index >= 15 is 0 Å². The number of carbonyl (C=O) groups excluding carboxylic acids is 1. The van der Waals surface area contributed by atoms with Crippen molar-refractivity contribution >= 4 is 23.5 Å². The topological polar surface area (TPSA) is 104 Å². The largest absolute Gasteiger partial charge is 0.481 e. The van der Waals surface area contributed by atoms with Gasteiger partial charge < -0.3 is 10.4 Å². The minimum absolute atomic E-state index is 0.0208. The smallest absolute Gasteiger partial charge is 0.305 e. The zero-order valence-corrected chi connectivity index (χ0v) is 15.7. The maximum Gasteiger partial charge on any atom is 0.305 e. The number of carbonyl (C=O) groups is 2. The molecule has 144 valence electrons. The minimum Gasteiger partial charge on any atom is -0.481 e. The van der Waals surface area contributed by atoms with Gasteiger partial charge in [-0.1, -0.05) is 47.5 Å². The summed E-state index contributed by atoms with van der Waals surface area (Å²) < 4.78 is 1.19. The molecule has 1 heterocycles. The van der Waals surface area contributed by atoms with Crippen LogP contribution in [-0.4, -0.2) is 26.8 Å². The molecule has 0 fully saturated rings. The Bertz CT molecular complexity index is 1070. The highest BCUT2D eigenvalue weighted by Crippen LogP contribution is 2.18. The van der Waals surface area contributed by atoms with Crippen LogP contribution < -0.4 is 10.9 Å². The lowest BCUT2D eigenvalue weighted by Gasteiger charge is -2.17. The van der Waals surface area contributed by atoms with E-state index in [1.807, 2.05) is 19.1 Å². The molecule has 0 aliphatic rings. The third-order valence-electron chi connectivity index (χ3n) is 4.20. The zero-order chi connectivity index (χ0) is 20.3. The van der Waals surface area contributed by atoms with Gasteiger partial charge in [0.25, 0.3) is 11.5 Å². The van der Waals surface area contributed by atoms with Crippen LogP contribution in [0.3, 0.4) is 0 Å². The number of nitrogens with zero attached hydrogens (tertiary/aromatic N) is 1. The maximum atomic E-state index is 12.6. The number of hydrogen-bond acceptors (Lipinski definition) is 3. The van der Waals surface area contributed by atoms with Crippen LogP contribution in [0, 0.1) is 6.92 Å². The monoisotopic (exact) mass is 399 g/mol. The van der Waals surface area contributed by atoms with E-state index in [0.717, 1.165) is 11.6 Å². The molecule has 3 aromatic rings. The van der Waals surface area contributed by atoms with E-state index in [-0.39, 0.29) is 12.1 Å². The number of aryl methyl sites for hydroxylation is 1. The molecule has 1 atom stereocenters. The summed E-state index contributed by atoms with van der Waals surface area (Å²) in [6, 6.07) is 14.3. The summed E-state index contributed by atoms with van der Waals surface area (Å²) in [5.41, 5.74) is 1.76. The fraction of sp³-hybridized carbons (Fsp3) is 0.150. The number of carboxylic acid groups (broad SMARTS) is 1. The van der Waals surface area contributed by atoms with Crippen molar-refractivity contribution in [2.24, 2.45) is 0 Å². The fourth-order valence-corrected chi connectivity index (χ4v) is 2.97. The third-order valence-corrected chi connectivity index (χ3v) is 4.43. The van der Waals surface area contributed by atoms with Crippen LogP contribution in [-0.2, 0) is 4.79 Å². The minimum atomic E-state index is -1.05. The Kier molecular flexibility index (Phi) is 5.65. The van der Waals surface area contributed by atoms with Crippen LogP contribution in [0.4, 0.5) is 0 Å². The number of carboxylic acids is 1. The first kappa shape index (κ1) is 19.4. The summed E-state index contributed by atoms with van der Waals surface area (Å²) in [5.74, 6) is -1.62. The Balaban J connectivity index is 1.86. The summed E-state index contributed by atoms with van der Waals surface area (Å²) in [7, 11) is 0. The second-order valence-electron chi connectivity index (χ2n) is 6.36. The molecule has 0 aliphatic heterocycles. The predicted molar refractivity (Wildman–Crippen MR) is 105 cm³/mol. The van der Waals surface area contributed by atoms with Crippen molar-refractivity contribution in [1.29, 1.82) is 0 Å². The Morgan fingerprint density at radius 1 is 1.18 bits per heavy atom. The summed E-state index contributed by atoms with van der Waals surface area (Å²) >= 11 is 5.95. The number of aromatic nitrogens is 2. The van der Waals surface area contributed by atoms with Crippen molar-refractivity contribution in [3.8, 4) is 5.69 Å². The van der Waals surface area contributed by atoms with Crippen LogP contribution in [0.25, 0.3) is 5.69 Å². The molecular formula is C20H18ClN3O4. The summed E-state index contributed by atoms with van der Waals surface area (Å²) in [6.45, 7) is 1.91. The molecule has 2 aromatic carbocycles. The van der Waals surface area contributed by atoms with Gasteiger partial charge >= 0.3 is 5.97 Å².